The van der Waals surface area contributed by atoms with E-state index in [0.717, 1.165) is 0 Å². The highest BCUT2D eigenvalue weighted by Gasteiger charge is 2.13. The third-order valence-electron chi connectivity index (χ3n) is 2.93. The smallest absolute Gasteiger partial charge is 0.271 e. The second kappa shape index (κ2) is 5.09. The van der Waals surface area contributed by atoms with E-state index in [1.165, 1.54) is 12.1 Å². The molecule has 1 aromatic heterocycles. The number of carbonyl (C=O) groups excluding carboxylic acids is 1. The van der Waals surface area contributed by atoms with Crippen LogP contribution in [0, 0.1) is 0 Å². The standard InChI is InChI=1S/C15H12N4O2/c16-14(21)13-15(17-9-5-7-10(20)8-6-9)19-12-4-2-1-3-11(12)18-13/h1-8,20H,(H2,16,21)(H,17,19). The van der Waals surface area contributed by atoms with Gasteiger partial charge in [-0.05, 0) is 36.4 Å². The summed E-state index contributed by atoms with van der Waals surface area (Å²) in [7, 11) is 0. The van der Waals surface area contributed by atoms with Crippen LogP contribution < -0.4 is 11.1 Å². The van der Waals surface area contributed by atoms with Crippen LogP contribution in [0.5, 0.6) is 5.75 Å². The highest BCUT2D eigenvalue weighted by atomic mass is 16.3. The molecule has 0 unspecified atom stereocenters. The van der Waals surface area contributed by atoms with Crippen molar-refractivity contribution in [2.45, 2.75) is 0 Å². The molecule has 6 nitrogen and oxygen atoms in total. The van der Waals surface area contributed by atoms with Crippen molar-refractivity contribution in [3.05, 3.63) is 54.2 Å². The normalized spacial score (nSPS) is 10.5. The van der Waals surface area contributed by atoms with Crippen molar-refractivity contribution >= 4 is 28.4 Å². The fourth-order valence-electron chi connectivity index (χ4n) is 1.94. The highest BCUT2D eigenvalue weighted by molar-refractivity contribution is 5.98. The summed E-state index contributed by atoms with van der Waals surface area (Å²) in [6, 6.07) is 13.6. The van der Waals surface area contributed by atoms with E-state index in [1.54, 1.807) is 24.3 Å². The molecule has 0 bridgehead atoms. The van der Waals surface area contributed by atoms with Gasteiger partial charge in [0.2, 0.25) is 0 Å². The zero-order valence-electron chi connectivity index (χ0n) is 10.9. The molecule has 0 aliphatic rings. The van der Waals surface area contributed by atoms with Gasteiger partial charge in [0.1, 0.15) is 5.75 Å². The van der Waals surface area contributed by atoms with Crippen molar-refractivity contribution in [1.29, 1.82) is 0 Å². The molecular weight excluding hydrogens is 268 g/mol. The molecule has 2 aromatic carbocycles. The van der Waals surface area contributed by atoms with Gasteiger partial charge in [-0.3, -0.25) is 4.79 Å². The van der Waals surface area contributed by atoms with Crippen molar-refractivity contribution in [1.82, 2.24) is 9.97 Å². The molecule has 3 aromatic rings. The molecule has 0 aliphatic carbocycles. The Bertz CT molecular complexity index is 816. The number of phenols is 1. The summed E-state index contributed by atoms with van der Waals surface area (Å²) in [5, 5.41) is 12.3. The zero-order chi connectivity index (χ0) is 14.8. The van der Waals surface area contributed by atoms with Gasteiger partial charge < -0.3 is 16.2 Å². The molecule has 0 atom stereocenters. The summed E-state index contributed by atoms with van der Waals surface area (Å²) in [4.78, 5) is 20.2. The Morgan fingerprint density at radius 1 is 1.00 bits per heavy atom. The summed E-state index contributed by atoms with van der Waals surface area (Å²) in [5.74, 6) is -0.221. The van der Waals surface area contributed by atoms with Gasteiger partial charge in [-0.2, -0.15) is 0 Å². The number of benzene rings is 2. The number of aromatic hydroxyl groups is 1. The van der Waals surface area contributed by atoms with E-state index < -0.39 is 5.91 Å². The van der Waals surface area contributed by atoms with E-state index in [2.05, 4.69) is 15.3 Å². The first-order valence-corrected chi connectivity index (χ1v) is 6.26. The lowest BCUT2D eigenvalue weighted by Gasteiger charge is -2.10. The Hall–Kier alpha value is -3.15. The van der Waals surface area contributed by atoms with Crippen LogP contribution in [0.2, 0.25) is 0 Å². The number of anilines is 2. The van der Waals surface area contributed by atoms with Crippen LogP contribution in [-0.4, -0.2) is 21.0 Å². The molecule has 0 spiro atoms. The number of aromatic nitrogens is 2. The number of para-hydroxylation sites is 2. The minimum atomic E-state index is -0.658. The molecule has 0 saturated heterocycles. The van der Waals surface area contributed by atoms with Crippen molar-refractivity contribution in [2.75, 3.05) is 5.32 Å². The zero-order valence-corrected chi connectivity index (χ0v) is 10.9. The van der Waals surface area contributed by atoms with Crippen LogP contribution in [0.3, 0.4) is 0 Å². The average molecular weight is 280 g/mol. The minimum absolute atomic E-state index is 0.0711. The van der Waals surface area contributed by atoms with Gasteiger partial charge in [0.25, 0.3) is 5.91 Å². The SMILES string of the molecule is NC(=O)c1nc2ccccc2nc1Nc1ccc(O)cc1. The maximum absolute atomic E-state index is 11.5. The first-order valence-electron chi connectivity index (χ1n) is 6.26. The Morgan fingerprint density at radius 2 is 1.62 bits per heavy atom. The van der Waals surface area contributed by atoms with Gasteiger partial charge in [0.05, 0.1) is 11.0 Å². The summed E-state index contributed by atoms with van der Waals surface area (Å²) in [6.07, 6.45) is 0. The van der Waals surface area contributed by atoms with E-state index in [-0.39, 0.29) is 17.3 Å². The summed E-state index contributed by atoms with van der Waals surface area (Å²) >= 11 is 0. The minimum Gasteiger partial charge on any atom is -0.508 e. The molecule has 0 radical (unpaired) electrons. The molecule has 0 aliphatic heterocycles. The van der Waals surface area contributed by atoms with E-state index in [4.69, 9.17) is 5.73 Å². The van der Waals surface area contributed by atoms with Crippen molar-refractivity contribution in [3.63, 3.8) is 0 Å². The quantitative estimate of drug-likeness (QED) is 0.638. The van der Waals surface area contributed by atoms with Crippen LogP contribution in [0.4, 0.5) is 11.5 Å². The predicted octanol–water partition coefficient (Wildman–Crippen LogP) is 2.18. The third-order valence-corrected chi connectivity index (χ3v) is 2.93. The Labute approximate surface area is 120 Å². The van der Waals surface area contributed by atoms with Gasteiger partial charge >= 0.3 is 0 Å². The highest BCUT2D eigenvalue weighted by Crippen LogP contribution is 2.22. The monoisotopic (exact) mass is 280 g/mol. The van der Waals surface area contributed by atoms with E-state index >= 15 is 0 Å². The molecule has 0 saturated carbocycles. The second-order valence-corrected chi connectivity index (χ2v) is 4.45. The number of carbonyl (C=O) groups is 1. The number of nitrogens with one attached hydrogen (secondary N) is 1. The molecule has 4 N–H and O–H groups in total. The number of phenolic OH excluding ortho intramolecular Hbond substituents is 1. The van der Waals surface area contributed by atoms with Crippen LogP contribution in [0.25, 0.3) is 11.0 Å². The number of fused-ring (bicyclic) bond motifs is 1. The van der Waals surface area contributed by atoms with Crippen LogP contribution >= 0.6 is 0 Å². The first-order chi connectivity index (χ1) is 10.1. The molecule has 1 heterocycles. The number of amides is 1. The topological polar surface area (TPSA) is 101 Å². The first kappa shape index (κ1) is 12.9. The van der Waals surface area contributed by atoms with Crippen molar-refractivity contribution in [2.24, 2.45) is 5.73 Å². The van der Waals surface area contributed by atoms with Gasteiger partial charge in [0.15, 0.2) is 11.5 Å². The maximum Gasteiger partial charge on any atom is 0.271 e. The lowest BCUT2D eigenvalue weighted by molar-refractivity contribution is 0.0996. The number of primary amides is 1. The Balaban J connectivity index is 2.09. The molecule has 3 rings (SSSR count). The van der Waals surface area contributed by atoms with Gasteiger partial charge in [-0.25, -0.2) is 9.97 Å². The summed E-state index contributed by atoms with van der Waals surface area (Å²) in [5.41, 5.74) is 7.36. The number of rotatable bonds is 3. The maximum atomic E-state index is 11.5. The fourth-order valence-corrected chi connectivity index (χ4v) is 1.94. The number of nitrogens with two attached hydrogens (primary N) is 1. The lowest BCUT2D eigenvalue weighted by Crippen LogP contribution is -2.16. The second-order valence-electron chi connectivity index (χ2n) is 4.45. The van der Waals surface area contributed by atoms with Crippen LogP contribution in [-0.2, 0) is 0 Å². The Morgan fingerprint density at radius 3 is 2.24 bits per heavy atom. The van der Waals surface area contributed by atoms with E-state index in [1.807, 2.05) is 12.1 Å². The number of nitrogens with zero attached hydrogens (tertiary/aromatic N) is 2. The number of hydrogen-bond donors (Lipinski definition) is 3. The van der Waals surface area contributed by atoms with Gasteiger partial charge in [0, 0.05) is 5.69 Å². The predicted molar refractivity (Wildman–Crippen MR) is 79.4 cm³/mol. The molecular formula is C15H12N4O2. The molecule has 104 valence electrons. The van der Waals surface area contributed by atoms with Crippen molar-refractivity contribution < 1.29 is 9.90 Å². The fraction of sp³-hybridized carbons (Fsp3) is 0. The summed E-state index contributed by atoms with van der Waals surface area (Å²) < 4.78 is 0. The van der Waals surface area contributed by atoms with Crippen LogP contribution in [0.15, 0.2) is 48.5 Å². The van der Waals surface area contributed by atoms with Gasteiger partial charge in [-0.1, -0.05) is 12.1 Å². The largest absolute Gasteiger partial charge is 0.508 e. The molecule has 21 heavy (non-hydrogen) atoms. The average Bonchev–Trinajstić information content (AvgIpc) is 2.48. The Kier molecular flexibility index (Phi) is 3.12. The third kappa shape index (κ3) is 2.59. The van der Waals surface area contributed by atoms with Gasteiger partial charge in [-0.15, -0.1) is 0 Å². The van der Waals surface area contributed by atoms with Crippen LogP contribution in [0.1, 0.15) is 10.5 Å². The molecule has 0 fully saturated rings. The lowest BCUT2D eigenvalue weighted by atomic mass is 10.2. The molecule has 1 amide bonds. The van der Waals surface area contributed by atoms with Crippen molar-refractivity contribution in [3.8, 4) is 5.75 Å². The van der Waals surface area contributed by atoms with E-state index in [9.17, 15) is 9.90 Å². The molecule has 6 heteroatoms. The summed E-state index contributed by atoms with van der Waals surface area (Å²) in [6.45, 7) is 0. The number of hydrogen-bond acceptors (Lipinski definition) is 5. The van der Waals surface area contributed by atoms with E-state index in [0.29, 0.717) is 16.7 Å².